The van der Waals surface area contributed by atoms with Crippen LogP contribution in [0.15, 0.2) is 0 Å². The minimum absolute atomic E-state index is 0.572. The van der Waals surface area contributed by atoms with Gasteiger partial charge in [0.25, 0.3) is 0 Å². The van der Waals surface area contributed by atoms with Crippen molar-refractivity contribution in [2.75, 3.05) is 6.54 Å². The molecule has 1 saturated heterocycles. The summed E-state index contributed by atoms with van der Waals surface area (Å²) >= 11 is 0. The van der Waals surface area contributed by atoms with Gasteiger partial charge in [-0.25, -0.2) is 0 Å². The molecule has 1 aliphatic heterocycles. The zero-order valence-electron chi connectivity index (χ0n) is 9.41. The second-order valence-corrected chi connectivity index (χ2v) is 4.33. The van der Waals surface area contributed by atoms with Gasteiger partial charge in [0.15, 0.2) is 0 Å². The molecule has 0 bridgehead atoms. The molecule has 0 aliphatic carbocycles. The highest BCUT2D eigenvalue weighted by atomic mass is 14.9. The summed E-state index contributed by atoms with van der Waals surface area (Å²) in [6.45, 7) is 12.2. The fourth-order valence-electron chi connectivity index (χ4n) is 1.92. The minimum Gasteiger partial charge on any atom is -0.314 e. The topological polar surface area (TPSA) is 12.0 Å². The van der Waals surface area contributed by atoms with Gasteiger partial charge < -0.3 is 5.32 Å². The molecular formula is C11H25N. The normalized spacial score (nSPS) is 28.2. The zero-order chi connectivity index (χ0) is 9.61. The van der Waals surface area contributed by atoms with Crippen LogP contribution in [0.5, 0.6) is 0 Å². The van der Waals surface area contributed by atoms with Crippen molar-refractivity contribution in [2.24, 2.45) is 5.41 Å². The molecule has 0 saturated carbocycles. The van der Waals surface area contributed by atoms with Gasteiger partial charge >= 0.3 is 0 Å². The maximum absolute atomic E-state index is 3.50. The molecule has 0 spiro atoms. The third kappa shape index (κ3) is 4.76. The Morgan fingerprint density at radius 3 is 2.42 bits per heavy atom. The second kappa shape index (κ2) is 5.58. The summed E-state index contributed by atoms with van der Waals surface area (Å²) in [4.78, 5) is 0. The summed E-state index contributed by atoms with van der Waals surface area (Å²) in [6.07, 6.45) is 4.05. The molecule has 0 amide bonds. The van der Waals surface area contributed by atoms with Crippen molar-refractivity contribution in [1.82, 2.24) is 5.32 Å². The summed E-state index contributed by atoms with van der Waals surface area (Å²) in [7, 11) is 0. The first-order chi connectivity index (χ1) is 5.60. The van der Waals surface area contributed by atoms with Crippen LogP contribution in [0.1, 0.15) is 53.9 Å². The molecule has 0 aromatic heterocycles. The molecule has 12 heavy (non-hydrogen) atoms. The van der Waals surface area contributed by atoms with E-state index in [0.29, 0.717) is 5.41 Å². The molecule has 1 rings (SSSR count). The van der Waals surface area contributed by atoms with Gasteiger partial charge in [-0.3, -0.25) is 0 Å². The van der Waals surface area contributed by atoms with Crippen molar-refractivity contribution in [2.45, 2.75) is 59.9 Å². The maximum atomic E-state index is 3.50. The van der Waals surface area contributed by atoms with Crippen LogP contribution in [0.4, 0.5) is 0 Å². The largest absolute Gasteiger partial charge is 0.314 e. The number of hydrogen-bond donors (Lipinski definition) is 1. The first-order valence-corrected chi connectivity index (χ1v) is 5.33. The summed E-state index contributed by atoms with van der Waals surface area (Å²) in [5.41, 5.74) is 0.572. The Balaban J connectivity index is 0.000000561. The lowest BCUT2D eigenvalue weighted by molar-refractivity contribution is 0.298. The highest BCUT2D eigenvalue weighted by Gasteiger charge is 2.22. The van der Waals surface area contributed by atoms with Crippen LogP contribution in [-0.4, -0.2) is 12.6 Å². The molecule has 74 valence electrons. The van der Waals surface area contributed by atoms with Gasteiger partial charge in [-0.2, -0.15) is 0 Å². The molecule has 1 N–H and O–H groups in total. The Labute approximate surface area is 77.9 Å². The van der Waals surface area contributed by atoms with Gasteiger partial charge in [0, 0.05) is 6.04 Å². The van der Waals surface area contributed by atoms with Gasteiger partial charge in [-0.1, -0.05) is 27.7 Å². The highest BCUT2D eigenvalue weighted by molar-refractivity contribution is 4.78. The highest BCUT2D eigenvalue weighted by Crippen LogP contribution is 2.29. The van der Waals surface area contributed by atoms with Gasteiger partial charge in [0.2, 0.25) is 0 Å². The molecule has 0 aromatic carbocycles. The summed E-state index contributed by atoms with van der Waals surface area (Å²) in [6, 6.07) is 0.720. The minimum atomic E-state index is 0.572. The summed E-state index contributed by atoms with van der Waals surface area (Å²) in [5.74, 6) is 0. The quantitative estimate of drug-likeness (QED) is 0.590. The molecule has 1 unspecified atom stereocenters. The Morgan fingerprint density at radius 2 is 1.83 bits per heavy atom. The van der Waals surface area contributed by atoms with Crippen LogP contribution in [0, 0.1) is 5.41 Å². The SMILES string of the molecule is CC.CC1CC(C)(C)CCCN1. The molecule has 1 atom stereocenters. The van der Waals surface area contributed by atoms with Crippen LogP contribution in [0.3, 0.4) is 0 Å². The van der Waals surface area contributed by atoms with Crippen LogP contribution in [0.2, 0.25) is 0 Å². The van der Waals surface area contributed by atoms with Gasteiger partial charge in [0.1, 0.15) is 0 Å². The lowest BCUT2D eigenvalue weighted by Gasteiger charge is -2.24. The van der Waals surface area contributed by atoms with E-state index < -0.39 is 0 Å². The van der Waals surface area contributed by atoms with E-state index in [1.54, 1.807) is 0 Å². The van der Waals surface area contributed by atoms with Crippen molar-refractivity contribution < 1.29 is 0 Å². The third-order valence-electron chi connectivity index (χ3n) is 2.38. The Bertz CT molecular complexity index is 108. The molecule has 0 radical (unpaired) electrons. The van der Waals surface area contributed by atoms with Crippen molar-refractivity contribution in [3.8, 4) is 0 Å². The monoisotopic (exact) mass is 171 g/mol. The van der Waals surface area contributed by atoms with Gasteiger partial charge in [-0.15, -0.1) is 0 Å². The first-order valence-electron chi connectivity index (χ1n) is 5.33. The van der Waals surface area contributed by atoms with Crippen molar-refractivity contribution in [3.63, 3.8) is 0 Å². The fourth-order valence-corrected chi connectivity index (χ4v) is 1.92. The van der Waals surface area contributed by atoms with Crippen LogP contribution in [0.25, 0.3) is 0 Å². The predicted octanol–water partition coefficient (Wildman–Crippen LogP) is 3.20. The van der Waals surface area contributed by atoms with Gasteiger partial charge in [0.05, 0.1) is 0 Å². The molecule has 1 heteroatoms. The van der Waals surface area contributed by atoms with Crippen LogP contribution >= 0.6 is 0 Å². The van der Waals surface area contributed by atoms with Crippen molar-refractivity contribution in [3.05, 3.63) is 0 Å². The van der Waals surface area contributed by atoms with Crippen molar-refractivity contribution >= 4 is 0 Å². The number of hydrogen-bond acceptors (Lipinski definition) is 1. The summed E-state index contributed by atoms with van der Waals surface area (Å²) < 4.78 is 0. The second-order valence-electron chi connectivity index (χ2n) is 4.33. The number of nitrogens with one attached hydrogen (secondary N) is 1. The van der Waals surface area contributed by atoms with Crippen LogP contribution < -0.4 is 5.32 Å². The van der Waals surface area contributed by atoms with E-state index >= 15 is 0 Å². The smallest absolute Gasteiger partial charge is 0.00438 e. The standard InChI is InChI=1S/C9H19N.C2H6/c1-8-7-9(2,3)5-4-6-10-8;1-2/h8,10H,4-7H2,1-3H3;1-2H3. The molecule has 1 aliphatic rings. The van der Waals surface area contributed by atoms with E-state index in [-0.39, 0.29) is 0 Å². The van der Waals surface area contributed by atoms with Crippen molar-refractivity contribution in [1.29, 1.82) is 0 Å². The lowest BCUT2D eigenvalue weighted by atomic mass is 9.83. The average Bonchev–Trinajstić information content (AvgIpc) is 2.14. The zero-order valence-corrected chi connectivity index (χ0v) is 9.41. The van der Waals surface area contributed by atoms with E-state index in [9.17, 15) is 0 Å². The molecular weight excluding hydrogens is 146 g/mol. The van der Waals surface area contributed by atoms with E-state index in [4.69, 9.17) is 0 Å². The summed E-state index contributed by atoms with van der Waals surface area (Å²) in [5, 5.41) is 3.50. The third-order valence-corrected chi connectivity index (χ3v) is 2.38. The molecule has 1 fully saturated rings. The molecule has 0 aromatic rings. The lowest BCUT2D eigenvalue weighted by Crippen LogP contribution is -2.27. The van der Waals surface area contributed by atoms with E-state index in [2.05, 4.69) is 26.1 Å². The van der Waals surface area contributed by atoms with E-state index in [1.165, 1.54) is 25.8 Å². The first kappa shape index (κ1) is 12.0. The van der Waals surface area contributed by atoms with E-state index in [1.807, 2.05) is 13.8 Å². The van der Waals surface area contributed by atoms with E-state index in [0.717, 1.165) is 6.04 Å². The Hall–Kier alpha value is -0.0400. The van der Waals surface area contributed by atoms with Gasteiger partial charge in [-0.05, 0) is 38.1 Å². The molecule has 1 heterocycles. The predicted molar refractivity (Wildman–Crippen MR) is 56.4 cm³/mol. The van der Waals surface area contributed by atoms with Crippen LogP contribution in [-0.2, 0) is 0 Å². The fraction of sp³-hybridized carbons (Fsp3) is 1.00. The molecule has 1 nitrogen and oxygen atoms in total. The Kier molecular flexibility index (Phi) is 5.56. The Morgan fingerprint density at radius 1 is 1.25 bits per heavy atom. The maximum Gasteiger partial charge on any atom is 0.00438 e. The number of rotatable bonds is 0. The average molecular weight is 171 g/mol.